The molecule has 17 nitrogen and oxygen atoms in total. The minimum atomic E-state index is -2.27. The van der Waals surface area contributed by atoms with Gasteiger partial charge in [-0.3, -0.25) is 9.59 Å². The molecule has 0 saturated carbocycles. The molecule has 2 saturated heterocycles. The molecule has 17 heteroatoms. The highest BCUT2D eigenvalue weighted by molar-refractivity contribution is 5.71. The van der Waals surface area contributed by atoms with E-state index < -0.39 is 128 Å². The van der Waals surface area contributed by atoms with Gasteiger partial charge in [-0.25, -0.2) is 0 Å². The topological polar surface area (TPSA) is 299 Å². The van der Waals surface area contributed by atoms with E-state index in [2.05, 4.69) is 0 Å². The highest BCUT2D eigenvalue weighted by Crippen LogP contribution is 2.38. The summed E-state index contributed by atoms with van der Waals surface area (Å²) in [6.45, 7) is 6.98. The van der Waals surface area contributed by atoms with Gasteiger partial charge in [0.15, 0.2) is 12.1 Å². The van der Waals surface area contributed by atoms with E-state index in [1.807, 2.05) is 37.3 Å². The van der Waals surface area contributed by atoms with Crippen LogP contribution in [0.15, 0.2) is 85.1 Å². The Morgan fingerprint density at radius 3 is 1.72 bits per heavy atom. The number of aliphatic hydroxyl groups excluding tert-OH is 8. The number of fused-ring (bicyclic) bond motifs is 2. The van der Waals surface area contributed by atoms with Crippen LogP contribution in [0.4, 0.5) is 0 Å². The number of cyclic esters (lactones) is 1. The van der Waals surface area contributed by atoms with Crippen molar-refractivity contribution in [3.8, 4) is 0 Å². The number of hydrogen-bond acceptors (Lipinski definition) is 16. The summed E-state index contributed by atoms with van der Waals surface area (Å²) in [4.78, 5) is 25.1. The zero-order valence-electron chi connectivity index (χ0n) is 37.3. The van der Waals surface area contributed by atoms with Gasteiger partial charge >= 0.3 is 11.9 Å². The molecule has 3 aliphatic rings. The molecule has 0 aromatic heterocycles. The second-order valence-corrected chi connectivity index (χ2v) is 17.6. The molecule has 2 fully saturated rings. The molecule has 0 radical (unpaired) electrons. The summed E-state index contributed by atoms with van der Waals surface area (Å²) >= 11 is 0. The van der Waals surface area contributed by atoms with E-state index in [1.165, 1.54) is 0 Å². The molecule has 362 valence electrons. The Kier molecular flexibility index (Phi) is 23.4. The number of carboxylic acid groups (broad SMARTS) is 1. The standard InChI is InChI=1S/C47H73NO16/c1-28-17-15-13-11-9-7-5-6-8-10-12-14-16-18-37(63-46-44(57)38(48)19-29(2)61-46)25-40-42(45(58)59)39(54)27-47(60,64-40)26-36(53)23-34(51)21-32(49)20-33(50)22-35(52)24-41(55)62-31(4)30(3)43(28)56/h5-18,28-40,42-44,46,49-54,56-57,60H,19-27,48H2,1-4H3,(H,58,59)/b6-5+,9-7+,10-8+,13-11+,14-12+,17-15+,18-16+/t28-,29?,30-,31-,32?,33?,34?,35?,36?,37?,38?,39-,40?,42?,43?,44?,46?,47?/m0/s1. The van der Waals surface area contributed by atoms with Gasteiger partial charge in [0.1, 0.15) is 18.1 Å². The van der Waals surface area contributed by atoms with Crippen molar-refractivity contribution in [3.05, 3.63) is 85.1 Å². The highest BCUT2D eigenvalue weighted by atomic mass is 16.7. The molecule has 3 heterocycles. The molecule has 18 atom stereocenters. The summed E-state index contributed by atoms with van der Waals surface area (Å²) < 4.78 is 23.4. The van der Waals surface area contributed by atoms with Gasteiger partial charge in [0.25, 0.3) is 0 Å². The number of carbonyl (C=O) groups is 2. The van der Waals surface area contributed by atoms with E-state index >= 15 is 0 Å². The third kappa shape index (κ3) is 19.2. The lowest BCUT2D eigenvalue weighted by atomic mass is 9.82. The van der Waals surface area contributed by atoms with Crippen LogP contribution in [0.1, 0.15) is 85.5 Å². The summed E-state index contributed by atoms with van der Waals surface area (Å²) in [6, 6.07) is -0.669. The van der Waals surface area contributed by atoms with Gasteiger partial charge in [0.05, 0.1) is 67.5 Å². The Labute approximate surface area is 376 Å². The fraction of sp³-hybridized carbons (Fsp3) is 0.660. The van der Waals surface area contributed by atoms with Crippen molar-refractivity contribution in [2.45, 2.75) is 177 Å². The zero-order chi connectivity index (χ0) is 47.6. The summed E-state index contributed by atoms with van der Waals surface area (Å²) in [5, 5.41) is 108. The lowest BCUT2D eigenvalue weighted by Crippen LogP contribution is -2.57. The van der Waals surface area contributed by atoms with E-state index in [1.54, 1.807) is 75.5 Å². The molecular weight excluding hydrogens is 835 g/mol. The first-order valence-corrected chi connectivity index (χ1v) is 22.2. The number of carbonyl (C=O) groups excluding carboxylic acids is 1. The van der Waals surface area contributed by atoms with Gasteiger partial charge in [0.2, 0.25) is 0 Å². The number of esters is 1. The van der Waals surface area contributed by atoms with Crippen LogP contribution in [-0.4, -0.2) is 154 Å². The predicted molar refractivity (Wildman–Crippen MR) is 236 cm³/mol. The van der Waals surface area contributed by atoms with Crippen LogP contribution in [0.3, 0.4) is 0 Å². The monoisotopic (exact) mass is 907 g/mol. The molecule has 0 aromatic rings. The summed E-state index contributed by atoms with van der Waals surface area (Å²) in [5.41, 5.74) is 6.12. The predicted octanol–water partition coefficient (Wildman–Crippen LogP) is 1.74. The smallest absolute Gasteiger partial charge is 0.311 e. The van der Waals surface area contributed by atoms with E-state index in [-0.39, 0.29) is 44.1 Å². The number of aliphatic carboxylic acids is 1. The first-order chi connectivity index (χ1) is 30.2. The Morgan fingerprint density at radius 2 is 1.17 bits per heavy atom. The van der Waals surface area contributed by atoms with Crippen molar-refractivity contribution in [1.82, 2.24) is 0 Å². The lowest BCUT2D eigenvalue weighted by molar-refractivity contribution is -0.305. The summed E-state index contributed by atoms with van der Waals surface area (Å²) in [7, 11) is 0. The Bertz CT molecular complexity index is 1630. The van der Waals surface area contributed by atoms with E-state index in [0.29, 0.717) is 6.42 Å². The minimum absolute atomic E-state index is 0.256. The van der Waals surface area contributed by atoms with Gasteiger partial charge in [-0.15, -0.1) is 0 Å². The van der Waals surface area contributed by atoms with Crippen molar-refractivity contribution in [1.29, 1.82) is 0 Å². The third-order valence-electron chi connectivity index (χ3n) is 11.7. The van der Waals surface area contributed by atoms with Crippen LogP contribution >= 0.6 is 0 Å². The molecule has 3 rings (SSSR count). The Balaban J connectivity index is 1.84. The zero-order valence-corrected chi connectivity index (χ0v) is 37.3. The molecule has 0 aromatic carbocycles. The molecule has 14 unspecified atom stereocenters. The molecule has 12 N–H and O–H groups in total. The molecule has 0 aliphatic carbocycles. The molecule has 0 spiro atoms. The maximum absolute atomic E-state index is 12.6. The number of hydrogen-bond donors (Lipinski definition) is 11. The lowest BCUT2D eigenvalue weighted by Gasteiger charge is -2.45. The van der Waals surface area contributed by atoms with Crippen molar-refractivity contribution in [2.75, 3.05) is 0 Å². The second-order valence-electron chi connectivity index (χ2n) is 17.6. The van der Waals surface area contributed by atoms with Crippen LogP contribution < -0.4 is 5.73 Å². The Morgan fingerprint density at radius 1 is 0.672 bits per heavy atom. The average molecular weight is 908 g/mol. The fourth-order valence-corrected chi connectivity index (χ4v) is 8.11. The second kappa shape index (κ2) is 27.3. The SMILES string of the molecule is CC1CC(N)C(O)C(OC2/C=C/C=C/C=C/C=C/C=C/C=C/C=C/[C@H](C)C(O)[C@@H](C)[C@H](C)OC(=O)CC(O)CC(O)CC(O)CC(O)CC(O)CC3(O)C[C@H](O)C(C(=O)O)C(C2)O3)O1. The van der Waals surface area contributed by atoms with Crippen molar-refractivity contribution < 1.29 is 79.6 Å². The Hall–Kier alpha value is -3.40. The van der Waals surface area contributed by atoms with E-state index in [4.69, 9.17) is 24.7 Å². The maximum Gasteiger partial charge on any atom is 0.311 e. The number of allylic oxidation sites excluding steroid dienone is 12. The summed E-state index contributed by atoms with van der Waals surface area (Å²) in [6.07, 6.45) is 6.82. The molecule has 2 bridgehead atoms. The largest absolute Gasteiger partial charge is 0.481 e. The van der Waals surface area contributed by atoms with Crippen molar-refractivity contribution in [3.63, 3.8) is 0 Å². The maximum atomic E-state index is 12.6. The highest BCUT2D eigenvalue weighted by Gasteiger charge is 2.50. The number of ether oxygens (including phenoxy) is 4. The van der Waals surface area contributed by atoms with Crippen LogP contribution in [-0.2, 0) is 28.5 Å². The normalized spacial score (nSPS) is 44.8. The third-order valence-corrected chi connectivity index (χ3v) is 11.7. The first-order valence-electron chi connectivity index (χ1n) is 22.2. The fourth-order valence-electron chi connectivity index (χ4n) is 8.11. The van der Waals surface area contributed by atoms with Gasteiger partial charge in [0, 0.05) is 37.1 Å². The number of rotatable bonds is 3. The van der Waals surface area contributed by atoms with Crippen LogP contribution in [0.25, 0.3) is 0 Å². The minimum Gasteiger partial charge on any atom is -0.481 e. The molecule has 3 aliphatic heterocycles. The summed E-state index contributed by atoms with van der Waals surface area (Å²) in [5.74, 6) is -6.68. The number of aliphatic hydroxyl groups is 9. The quantitative estimate of drug-likeness (QED) is 0.180. The van der Waals surface area contributed by atoms with Gasteiger partial charge < -0.3 is 75.7 Å². The van der Waals surface area contributed by atoms with Crippen LogP contribution in [0.2, 0.25) is 0 Å². The van der Waals surface area contributed by atoms with E-state index in [9.17, 15) is 60.7 Å². The molecule has 64 heavy (non-hydrogen) atoms. The van der Waals surface area contributed by atoms with Crippen LogP contribution in [0, 0.1) is 17.8 Å². The van der Waals surface area contributed by atoms with Crippen LogP contribution in [0.5, 0.6) is 0 Å². The number of carboxylic acids is 1. The number of nitrogens with two attached hydrogens (primary N) is 1. The van der Waals surface area contributed by atoms with Gasteiger partial charge in [-0.1, -0.05) is 98.9 Å². The van der Waals surface area contributed by atoms with Gasteiger partial charge in [-0.05, 0) is 46.0 Å². The van der Waals surface area contributed by atoms with Gasteiger partial charge in [-0.2, -0.15) is 0 Å². The molecular formula is C47H73NO16. The van der Waals surface area contributed by atoms with Crippen molar-refractivity contribution >= 4 is 11.9 Å². The van der Waals surface area contributed by atoms with E-state index in [0.717, 1.165) is 0 Å². The van der Waals surface area contributed by atoms with Crippen molar-refractivity contribution in [2.24, 2.45) is 23.5 Å². The average Bonchev–Trinajstić information content (AvgIpc) is 3.17. The first kappa shape index (κ1) is 54.9. The molecule has 0 amide bonds.